The number of aliphatic hydroxyl groups excluding tert-OH is 1. The molecule has 0 fully saturated rings. The van der Waals surface area contributed by atoms with Crippen molar-refractivity contribution in [2.45, 2.75) is 26.3 Å². The maximum atomic E-state index is 9.12. The lowest BCUT2D eigenvalue weighted by Crippen LogP contribution is -2.08. The van der Waals surface area contributed by atoms with Gasteiger partial charge in [-0.3, -0.25) is 4.68 Å². The molecule has 1 aromatic heterocycles. The van der Waals surface area contributed by atoms with Gasteiger partial charge in [0.25, 0.3) is 0 Å². The minimum atomic E-state index is 0.153. The van der Waals surface area contributed by atoms with E-state index in [1.165, 1.54) is 0 Å². The quantitative estimate of drug-likeness (QED) is 0.940. The molecule has 0 radical (unpaired) electrons. The molecule has 0 amide bonds. The van der Waals surface area contributed by atoms with Crippen molar-refractivity contribution in [3.8, 4) is 0 Å². The van der Waals surface area contributed by atoms with Crippen LogP contribution in [-0.2, 0) is 6.42 Å². The topological polar surface area (TPSA) is 38.0 Å². The Kier molecular flexibility index (Phi) is 3.30. The Morgan fingerprint density at radius 1 is 1.44 bits per heavy atom. The third kappa shape index (κ3) is 1.87. The predicted octanol–water partition coefficient (Wildman–Crippen LogP) is 2.91. The third-order valence-electron chi connectivity index (χ3n) is 2.62. The number of benzene rings is 1. The predicted molar refractivity (Wildman–Crippen MR) is 68.6 cm³/mol. The van der Waals surface area contributed by atoms with Crippen LogP contribution in [0.4, 0.5) is 0 Å². The van der Waals surface area contributed by atoms with Crippen molar-refractivity contribution >= 4 is 26.8 Å². The smallest absolute Gasteiger partial charge is 0.107 e. The number of nitrogens with zero attached hydrogens (tertiary/aromatic N) is 2. The molecule has 0 saturated heterocycles. The van der Waals surface area contributed by atoms with Crippen molar-refractivity contribution < 1.29 is 5.11 Å². The standard InChI is InChI=1S/C12H15BrN2O/c1-8(2)15-11(6-7-16)9-4-3-5-10(13)12(9)14-15/h3-5,8,16H,6-7H2,1-2H3. The van der Waals surface area contributed by atoms with Gasteiger partial charge in [-0.1, -0.05) is 12.1 Å². The van der Waals surface area contributed by atoms with E-state index in [-0.39, 0.29) is 6.61 Å². The van der Waals surface area contributed by atoms with E-state index in [1.54, 1.807) is 0 Å². The third-order valence-corrected chi connectivity index (χ3v) is 3.26. The van der Waals surface area contributed by atoms with Crippen LogP contribution in [0.3, 0.4) is 0 Å². The van der Waals surface area contributed by atoms with E-state index in [0.29, 0.717) is 12.5 Å². The molecule has 1 heterocycles. The second-order valence-electron chi connectivity index (χ2n) is 4.09. The second-order valence-corrected chi connectivity index (χ2v) is 4.95. The van der Waals surface area contributed by atoms with E-state index < -0.39 is 0 Å². The van der Waals surface area contributed by atoms with Gasteiger partial charge in [-0.2, -0.15) is 5.10 Å². The van der Waals surface area contributed by atoms with E-state index in [1.807, 2.05) is 16.8 Å². The molecular weight excluding hydrogens is 268 g/mol. The average molecular weight is 283 g/mol. The van der Waals surface area contributed by atoms with Gasteiger partial charge in [-0.15, -0.1) is 0 Å². The van der Waals surface area contributed by atoms with Gasteiger partial charge in [0.1, 0.15) is 5.52 Å². The lowest BCUT2D eigenvalue weighted by molar-refractivity contribution is 0.294. The summed E-state index contributed by atoms with van der Waals surface area (Å²) in [4.78, 5) is 0. The molecule has 4 heteroatoms. The maximum Gasteiger partial charge on any atom is 0.107 e. The number of fused-ring (bicyclic) bond motifs is 1. The van der Waals surface area contributed by atoms with Gasteiger partial charge in [0, 0.05) is 34.6 Å². The van der Waals surface area contributed by atoms with Crippen LogP contribution in [0.5, 0.6) is 0 Å². The number of aromatic nitrogens is 2. The number of hydrogen-bond donors (Lipinski definition) is 1. The largest absolute Gasteiger partial charge is 0.396 e. The zero-order valence-corrected chi connectivity index (χ0v) is 11.0. The summed E-state index contributed by atoms with van der Waals surface area (Å²) in [6.45, 7) is 4.35. The molecule has 0 aliphatic heterocycles. The van der Waals surface area contributed by atoms with Crippen molar-refractivity contribution in [2.24, 2.45) is 0 Å². The normalized spacial score (nSPS) is 11.6. The average Bonchev–Trinajstić information content (AvgIpc) is 2.60. The summed E-state index contributed by atoms with van der Waals surface area (Å²) >= 11 is 3.51. The van der Waals surface area contributed by atoms with Crippen LogP contribution in [0.1, 0.15) is 25.6 Å². The molecule has 2 aromatic rings. The molecule has 0 aliphatic rings. The van der Waals surface area contributed by atoms with E-state index in [2.05, 4.69) is 40.9 Å². The molecule has 0 aliphatic carbocycles. The highest BCUT2D eigenvalue weighted by Crippen LogP contribution is 2.27. The molecule has 0 spiro atoms. The van der Waals surface area contributed by atoms with Crippen molar-refractivity contribution in [1.82, 2.24) is 9.78 Å². The molecule has 3 nitrogen and oxygen atoms in total. The minimum absolute atomic E-state index is 0.153. The van der Waals surface area contributed by atoms with Crippen molar-refractivity contribution in [3.05, 3.63) is 28.4 Å². The highest BCUT2D eigenvalue weighted by Gasteiger charge is 2.14. The van der Waals surface area contributed by atoms with Gasteiger partial charge >= 0.3 is 0 Å². The van der Waals surface area contributed by atoms with Crippen LogP contribution in [0.2, 0.25) is 0 Å². The molecule has 86 valence electrons. The Morgan fingerprint density at radius 2 is 2.19 bits per heavy atom. The van der Waals surface area contributed by atoms with E-state index in [9.17, 15) is 0 Å². The lowest BCUT2D eigenvalue weighted by atomic mass is 10.1. The molecule has 0 saturated carbocycles. The minimum Gasteiger partial charge on any atom is -0.396 e. The SMILES string of the molecule is CC(C)n1nc2c(Br)cccc2c1CCO. The summed E-state index contributed by atoms with van der Waals surface area (Å²) in [7, 11) is 0. The molecular formula is C12H15BrN2O. The summed E-state index contributed by atoms with van der Waals surface area (Å²) in [5.74, 6) is 0. The Bertz CT molecular complexity index is 505. The first-order valence-electron chi connectivity index (χ1n) is 5.41. The molecule has 0 unspecified atom stereocenters. The Balaban J connectivity index is 2.70. The highest BCUT2D eigenvalue weighted by molar-refractivity contribution is 9.10. The Hall–Kier alpha value is -0.870. The summed E-state index contributed by atoms with van der Waals surface area (Å²) in [5, 5.41) is 14.8. The van der Waals surface area contributed by atoms with Gasteiger partial charge in [-0.25, -0.2) is 0 Å². The fourth-order valence-electron chi connectivity index (χ4n) is 1.92. The van der Waals surface area contributed by atoms with Crippen LogP contribution in [-0.4, -0.2) is 21.5 Å². The summed E-state index contributed by atoms with van der Waals surface area (Å²) < 4.78 is 3.00. The summed E-state index contributed by atoms with van der Waals surface area (Å²) in [6, 6.07) is 6.35. The highest BCUT2D eigenvalue weighted by atomic mass is 79.9. The van der Waals surface area contributed by atoms with Gasteiger partial charge < -0.3 is 5.11 Å². The molecule has 1 aromatic carbocycles. The molecule has 0 atom stereocenters. The van der Waals surface area contributed by atoms with Gasteiger partial charge in [-0.05, 0) is 35.8 Å². The number of halogens is 1. The van der Waals surface area contributed by atoms with E-state index in [0.717, 1.165) is 21.1 Å². The summed E-state index contributed by atoms with van der Waals surface area (Å²) in [6.07, 6.45) is 0.644. The van der Waals surface area contributed by atoms with Crippen LogP contribution >= 0.6 is 15.9 Å². The summed E-state index contributed by atoms with van der Waals surface area (Å²) in [5.41, 5.74) is 2.08. The van der Waals surface area contributed by atoms with E-state index in [4.69, 9.17) is 5.11 Å². The van der Waals surface area contributed by atoms with Crippen LogP contribution in [0, 0.1) is 0 Å². The first-order valence-corrected chi connectivity index (χ1v) is 6.21. The van der Waals surface area contributed by atoms with Crippen molar-refractivity contribution in [3.63, 3.8) is 0 Å². The first-order chi connectivity index (χ1) is 7.65. The Labute approximate surface area is 103 Å². The maximum absolute atomic E-state index is 9.12. The lowest BCUT2D eigenvalue weighted by Gasteiger charge is -2.09. The van der Waals surface area contributed by atoms with Crippen LogP contribution in [0.15, 0.2) is 22.7 Å². The van der Waals surface area contributed by atoms with E-state index >= 15 is 0 Å². The van der Waals surface area contributed by atoms with Crippen LogP contribution < -0.4 is 0 Å². The monoisotopic (exact) mass is 282 g/mol. The fourth-order valence-corrected chi connectivity index (χ4v) is 2.37. The molecule has 1 N–H and O–H groups in total. The van der Waals surface area contributed by atoms with Gasteiger partial charge in [0.2, 0.25) is 0 Å². The second kappa shape index (κ2) is 4.55. The van der Waals surface area contributed by atoms with Crippen molar-refractivity contribution in [1.29, 1.82) is 0 Å². The number of rotatable bonds is 3. The van der Waals surface area contributed by atoms with Crippen LogP contribution in [0.25, 0.3) is 10.9 Å². The zero-order chi connectivity index (χ0) is 11.7. The zero-order valence-electron chi connectivity index (χ0n) is 9.44. The molecule has 2 rings (SSSR count). The van der Waals surface area contributed by atoms with Gasteiger partial charge in [0.15, 0.2) is 0 Å². The first kappa shape index (κ1) is 11.6. The number of aliphatic hydroxyl groups is 1. The fraction of sp³-hybridized carbons (Fsp3) is 0.417. The number of hydrogen-bond acceptors (Lipinski definition) is 2. The molecule has 0 bridgehead atoms. The Morgan fingerprint density at radius 3 is 2.81 bits per heavy atom. The van der Waals surface area contributed by atoms with Crippen molar-refractivity contribution in [2.75, 3.05) is 6.61 Å². The van der Waals surface area contributed by atoms with Gasteiger partial charge in [0.05, 0.1) is 0 Å². The molecule has 16 heavy (non-hydrogen) atoms.